The molecule has 0 spiro atoms. The van der Waals surface area contributed by atoms with Gasteiger partial charge in [-0.15, -0.1) is 0 Å². The lowest BCUT2D eigenvalue weighted by atomic mass is 9.83. The van der Waals surface area contributed by atoms with Crippen LogP contribution in [0.4, 0.5) is 0 Å². The van der Waals surface area contributed by atoms with Crippen LogP contribution >= 0.6 is 0 Å². The Hall–Kier alpha value is -8.07. The molecule has 5 heteroatoms. The summed E-state index contributed by atoms with van der Waals surface area (Å²) in [7, 11) is 0. The Morgan fingerprint density at radius 1 is 0.534 bits per heavy atom. The predicted octanol–water partition coefficient (Wildman–Crippen LogP) is 13.4. The first-order chi connectivity index (χ1) is 28.6. The van der Waals surface area contributed by atoms with Crippen LogP contribution in [0.1, 0.15) is 16.7 Å². The number of pyridine rings is 2. The van der Waals surface area contributed by atoms with Gasteiger partial charge in [0.25, 0.3) is 0 Å². The summed E-state index contributed by atoms with van der Waals surface area (Å²) in [6.07, 6.45) is 5.99. The third kappa shape index (κ3) is 4.89. The molecule has 0 bridgehead atoms. The molecule has 4 heterocycles. The minimum atomic E-state index is 0.627. The van der Waals surface area contributed by atoms with E-state index in [9.17, 15) is 5.26 Å². The molecule has 0 unspecified atom stereocenters. The SMILES string of the molecule is C=Cc1c(C=C)c(-c2ccc3c(c2)c2ccc(C#N)cc2n3-c2ccccc2)c2ccccc2c1-c1ccc2nc(-c3ccccc3)c3c(nc4ccccn43)c2c1. The number of hydrogen-bond acceptors (Lipinski definition) is 3. The lowest BCUT2D eigenvalue weighted by Crippen LogP contribution is -1.97. The molecule has 58 heavy (non-hydrogen) atoms. The number of fused-ring (bicyclic) bond motifs is 9. The predicted molar refractivity (Wildman–Crippen MR) is 241 cm³/mol. The summed E-state index contributed by atoms with van der Waals surface area (Å²) in [5, 5.41) is 15.2. The number of para-hydroxylation sites is 1. The second-order valence-corrected chi connectivity index (χ2v) is 14.6. The molecule has 0 saturated carbocycles. The van der Waals surface area contributed by atoms with E-state index in [4.69, 9.17) is 9.97 Å². The Balaban J connectivity index is 1.17. The van der Waals surface area contributed by atoms with Crippen LogP contribution in [-0.4, -0.2) is 18.9 Å². The summed E-state index contributed by atoms with van der Waals surface area (Å²) in [5.74, 6) is 0. The van der Waals surface area contributed by atoms with Gasteiger partial charge in [-0.05, 0) is 105 Å². The smallest absolute Gasteiger partial charge is 0.137 e. The Kier molecular flexibility index (Phi) is 7.47. The number of nitriles is 1. The van der Waals surface area contributed by atoms with E-state index < -0.39 is 0 Å². The summed E-state index contributed by atoms with van der Waals surface area (Å²) in [5.41, 5.74) is 15.7. The van der Waals surface area contributed by atoms with Crippen molar-refractivity contribution in [2.24, 2.45) is 0 Å². The Labute approximate surface area is 334 Å². The van der Waals surface area contributed by atoms with E-state index in [1.165, 1.54) is 0 Å². The first-order valence-corrected chi connectivity index (χ1v) is 19.3. The molecule has 11 rings (SSSR count). The van der Waals surface area contributed by atoms with Crippen LogP contribution in [0.15, 0.2) is 177 Å². The average Bonchev–Trinajstić information content (AvgIpc) is 3.84. The van der Waals surface area contributed by atoms with Gasteiger partial charge in [-0.25, -0.2) is 9.97 Å². The van der Waals surface area contributed by atoms with Gasteiger partial charge in [-0.3, -0.25) is 4.40 Å². The van der Waals surface area contributed by atoms with Gasteiger partial charge >= 0.3 is 0 Å². The number of nitrogens with zero attached hydrogens (tertiary/aromatic N) is 5. The zero-order chi connectivity index (χ0) is 38.9. The third-order valence-corrected chi connectivity index (χ3v) is 11.5. The maximum Gasteiger partial charge on any atom is 0.137 e. The van der Waals surface area contributed by atoms with Gasteiger partial charge < -0.3 is 4.57 Å². The Morgan fingerprint density at radius 3 is 1.90 bits per heavy atom. The quantitative estimate of drug-likeness (QED) is 0.171. The highest BCUT2D eigenvalue weighted by atomic mass is 15.0. The zero-order valence-electron chi connectivity index (χ0n) is 31.4. The van der Waals surface area contributed by atoms with Crippen LogP contribution in [0.2, 0.25) is 0 Å². The molecule has 11 aromatic rings. The maximum atomic E-state index is 9.84. The van der Waals surface area contributed by atoms with Gasteiger partial charge in [0.15, 0.2) is 0 Å². The molecule has 4 aromatic heterocycles. The summed E-state index contributed by atoms with van der Waals surface area (Å²) in [4.78, 5) is 10.5. The number of imidazole rings is 1. The molecule has 0 saturated heterocycles. The lowest BCUT2D eigenvalue weighted by molar-refractivity contribution is 1.18. The van der Waals surface area contributed by atoms with Crippen LogP contribution in [-0.2, 0) is 0 Å². The third-order valence-electron chi connectivity index (χ3n) is 11.5. The minimum absolute atomic E-state index is 0.627. The number of aromatic nitrogens is 4. The molecular formula is C53H33N5. The number of rotatable bonds is 6. The van der Waals surface area contributed by atoms with E-state index in [0.29, 0.717) is 5.56 Å². The Bertz CT molecular complexity index is 3550. The van der Waals surface area contributed by atoms with Crippen LogP contribution < -0.4 is 0 Å². The summed E-state index contributed by atoms with van der Waals surface area (Å²) in [6.45, 7) is 8.78. The van der Waals surface area contributed by atoms with Crippen molar-refractivity contribution >= 4 is 72.3 Å². The van der Waals surface area contributed by atoms with E-state index in [2.05, 4.69) is 138 Å². The summed E-state index contributed by atoms with van der Waals surface area (Å²) < 4.78 is 4.39. The van der Waals surface area contributed by atoms with Crippen molar-refractivity contribution in [2.75, 3.05) is 0 Å². The number of benzene rings is 7. The van der Waals surface area contributed by atoms with Crippen molar-refractivity contribution in [3.63, 3.8) is 0 Å². The van der Waals surface area contributed by atoms with E-state index in [0.717, 1.165) is 110 Å². The molecule has 5 nitrogen and oxygen atoms in total. The maximum absolute atomic E-state index is 9.84. The topological polar surface area (TPSA) is 58.9 Å². The monoisotopic (exact) mass is 739 g/mol. The molecule has 0 aliphatic rings. The van der Waals surface area contributed by atoms with E-state index in [-0.39, 0.29) is 0 Å². The standard InChI is InChI=1S/C53H33N5/c1-3-38-39(4-2)50(36-24-27-46-43(30-36)40-25-22-33(32-54)29-47(40)58(46)37-17-9-6-10-18-37)42-20-12-11-19-41(42)49(38)35-23-26-45-44(31-35)52-53(57-28-14-13-21-48(57)56-52)51(55-45)34-15-7-5-8-16-34/h3-31H,1-2H2. The van der Waals surface area contributed by atoms with Crippen molar-refractivity contribution in [3.05, 3.63) is 194 Å². The first kappa shape index (κ1) is 33.3. The Morgan fingerprint density at radius 2 is 1.19 bits per heavy atom. The van der Waals surface area contributed by atoms with Crippen LogP contribution in [0.25, 0.3) is 112 Å². The lowest BCUT2D eigenvalue weighted by Gasteiger charge is -2.20. The zero-order valence-corrected chi connectivity index (χ0v) is 31.4. The molecule has 0 amide bonds. The molecular weight excluding hydrogens is 707 g/mol. The molecule has 0 atom stereocenters. The molecule has 0 fully saturated rings. The highest BCUT2D eigenvalue weighted by molar-refractivity contribution is 6.16. The molecule has 0 aliphatic heterocycles. The fourth-order valence-electron chi connectivity index (χ4n) is 8.99. The fourth-order valence-corrected chi connectivity index (χ4v) is 8.99. The first-order valence-electron chi connectivity index (χ1n) is 19.3. The van der Waals surface area contributed by atoms with Gasteiger partial charge in [0, 0.05) is 33.6 Å². The largest absolute Gasteiger partial charge is 0.309 e. The molecule has 0 radical (unpaired) electrons. The van der Waals surface area contributed by atoms with E-state index in [1.54, 1.807) is 0 Å². The van der Waals surface area contributed by atoms with Crippen LogP contribution in [0.5, 0.6) is 0 Å². The highest BCUT2D eigenvalue weighted by Crippen LogP contribution is 2.46. The molecule has 7 aromatic carbocycles. The van der Waals surface area contributed by atoms with Crippen molar-refractivity contribution in [3.8, 4) is 45.3 Å². The molecule has 0 N–H and O–H groups in total. The minimum Gasteiger partial charge on any atom is -0.309 e. The highest BCUT2D eigenvalue weighted by Gasteiger charge is 2.22. The summed E-state index contributed by atoms with van der Waals surface area (Å²) >= 11 is 0. The van der Waals surface area contributed by atoms with Crippen molar-refractivity contribution in [1.82, 2.24) is 18.9 Å². The normalized spacial score (nSPS) is 11.6. The van der Waals surface area contributed by atoms with Gasteiger partial charge in [-0.2, -0.15) is 5.26 Å². The molecule has 270 valence electrons. The van der Waals surface area contributed by atoms with Crippen LogP contribution in [0, 0.1) is 11.3 Å². The van der Waals surface area contributed by atoms with E-state index in [1.807, 2.05) is 66.7 Å². The van der Waals surface area contributed by atoms with Gasteiger partial charge in [0.2, 0.25) is 0 Å². The second-order valence-electron chi connectivity index (χ2n) is 14.6. The molecule has 0 aliphatic carbocycles. The second kappa shape index (κ2) is 13.0. The van der Waals surface area contributed by atoms with Crippen molar-refractivity contribution in [2.45, 2.75) is 0 Å². The van der Waals surface area contributed by atoms with Crippen molar-refractivity contribution < 1.29 is 0 Å². The van der Waals surface area contributed by atoms with Gasteiger partial charge in [0.05, 0.1) is 39.4 Å². The van der Waals surface area contributed by atoms with Gasteiger partial charge in [0.1, 0.15) is 11.2 Å². The summed E-state index contributed by atoms with van der Waals surface area (Å²) in [6, 6.07) is 56.9. The van der Waals surface area contributed by atoms with Crippen LogP contribution in [0.3, 0.4) is 0 Å². The number of hydrogen-bond donors (Lipinski definition) is 0. The van der Waals surface area contributed by atoms with Gasteiger partial charge in [-0.1, -0.05) is 122 Å². The van der Waals surface area contributed by atoms with Crippen molar-refractivity contribution in [1.29, 1.82) is 5.26 Å². The fraction of sp³-hybridized carbons (Fsp3) is 0. The average molecular weight is 740 g/mol. The van der Waals surface area contributed by atoms with E-state index >= 15 is 0 Å².